The van der Waals surface area contributed by atoms with Crippen LogP contribution in [0, 0.1) is 11.8 Å². The summed E-state index contributed by atoms with van der Waals surface area (Å²) < 4.78 is 39.5. The van der Waals surface area contributed by atoms with Crippen LogP contribution in [0.1, 0.15) is 101 Å². The number of phenols is 1. The minimum atomic E-state index is -0.738. The molecule has 2 atom stereocenters. The second-order valence-corrected chi connectivity index (χ2v) is 18.8. The molecule has 2 heterocycles. The molecule has 19 nitrogen and oxygen atoms in total. The number of nitrogens with zero attached hydrogens (tertiary/aromatic N) is 2. The number of esters is 1. The van der Waals surface area contributed by atoms with Crippen molar-refractivity contribution in [2.24, 2.45) is 11.8 Å². The fraction of sp³-hybridized carbons (Fsp3) is 0.464. The van der Waals surface area contributed by atoms with Crippen LogP contribution in [0.3, 0.4) is 0 Å². The molecule has 0 unspecified atom stereocenters. The lowest BCUT2D eigenvalue weighted by Crippen LogP contribution is -2.40. The van der Waals surface area contributed by atoms with Gasteiger partial charge in [-0.25, -0.2) is 0 Å². The second kappa shape index (κ2) is 25.5. The zero-order valence-corrected chi connectivity index (χ0v) is 44.5. The van der Waals surface area contributed by atoms with E-state index >= 15 is 0 Å². The molecule has 404 valence electrons. The molecule has 4 amide bonds. The molecule has 2 fully saturated rings. The Morgan fingerprint density at radius 3 is 1.32 bits per heavy atom. The van der Waals surface area contributed by atoms with Gasteiger partial charge in [0.2, 0.25) is 35.1 Å². The number of nitrogens with one attached hydrogen (secondary N) is 2. The Hall–Kier alpha value is -7.70. The summed E-state index contributed by atoms with van der Waals surface area (Å²) >= 11 is 0. The Kier molecular flexibility index (Phi) is 19.2. The number of ether oxygens (including phenoxy) is 7. The number of carbonyl (C=O) groups excluding carboxylic acids is 5. The van der Waals surface area contributed by atoms with Crippen molar-refractivity contribution in [3.63, 3.8) is 0 Å². The van der Waals surface area contributed by atoms with E-state index in [1.54, 1.807) is 77.6 Å². The number of hydrogen-bond acceptors (Lipinski definition) is 14. The summed E-state index contributed by atoms with van der Waals surface area (Å²) in [5.74, 6) is 2.10. The number of aryl methyl sites for hydroxylation is 2. The number of fused-ring (bicyclic) bond motifs is 6. The smallest absolute Gasteiger partial charge is 0.314 e. The average Bonchev–Trinajstić information content (AvgIpc) is 3.64. The molecule has 2 aliphatic heterocycles. The Morgan fingerprint density at radius 2 is 0.933 bits per heavy atom. The number of rotatable bonds is 11. The van der Waals surface area contributed by atoms with Crippen LogP contribution in [0.25, 0.3) is 22.3 Å². The number of carbonyl (C=O) groups is 6. The summed E-state index contributed by atoms with van der Waals surface area (Å²) in [5.41, 5.74) is 7.24. The Bertz CT molecular complexity index is 2740. The number of piperidine rings is 2. The molecular weight excluding hydrogens is 969 g/mol. The van der Waals surface area contributed by atoms with Crippen LogP contribution in [0.15, 0.2) is 48.5 Å². The first kappa shape index (κ1) is 56.6. The maximum absolute atomic E-state index is 12.9. The van der Waals surface area contributed by atoms with Crippen molar-refractivity contribution in [2.45, 2.75) is 91.1 Å². The number of benzene rings is 4. The number of amides is 4. The normalized spacial score (nSPS) is 16.8. The summed E-state index contributed by atoms with van der Waals surface area (Å²) in [6, 6.07) is 14.0. The van der Waals surface area contributed by atoms with E-state index in [4.69, 9.17) is 38.3 Å². The SMILES string of the molecule is CC(=O)N1CCC(C(=O)O)CC1.COc1cc2c(c(OC)c1OC)-c1ccc(O)cc1[C@@H](NC(C)=O)CC2.COc1cc2c(c(OC)c1OC)-c1ccc(OC(=O)C3CCN(C(C)=O)CC3)cc1[C@@H](NC(C)=O)CC2. The molecule has 0 radical (unpaired) electrons. The third kappa shape index (κ3) is 13.2. The maximum Gasteiger partial charge on any atom is 0.314 e. The van der Waals surface area contributed by atoms with Crippen molar-refractivity contribution in [3.05, 3.63) is 70.8 Å². The number of hydrogen-bond donors (Lipinski definition) is 4. The molecule has 4 aliphatic rings. The number of methoxy groups -OCH3 is 6. The van der Waals surface area contributed by atoms with Gasteiger partial charge in [-0.15, -0.1) is 0 Å². The predicted molar refractivity (Wildman–Crippen MR) is 278 cm³/mol. The molecule has 4 aromatic rings. The molecule has 4 N–H and O–H groups in total. The van der Waals surface area contributed by atoms with Gasteiger partial charge in [0.25, 0.3) is 0 Å². The number of carboxylic acids is 1. The van der Waals surface area contributed by atoms with Gasteiger partial charge in [0.1, 0.15) is 11.5 Å². The molecule has 2 aliphatic carbocycles. The fourth-order valence-corrected chi connectivity index (χ4v) is 10.4. The highest BCUT2D eigenvalue weighted by molar-refractivity contribution is 5.86. The highest BCUT2D eigenvalue weighted by atomic mass is 16.5. The standard InChI is InChI=1S/C28H34N2O7.C20H23NO5.C8H13NO3/c1-16(31)29-23-9-6-19-14-24(34-3)26(35-4)27(36-5)25(19)21-8-7-20(15-22(21)23)37-28(33)18-10-12-30(13-11-18)17(2)32;1-11(22)21-16-8-5-12-9-17(24-2)19(25-3)20(26-4)18(12)14-7-6-13(23)10-15(14)16;1-6(10)9-4-2-7(3-5-9)8(11)12/h7-8,14-15,18,23H,6,9-13H2,1-5H3,(H,29,31);6-7,9-10,16,23H,5,8H2,1-4H3,(H,21,22);7H,2-5H2,1H3,(H,11,12)/t23-;16-;/m00./s1. The number of aliphatic carboxylic acids is 1. The second-order valence-electron chi connectivity index (χ2n) is 18.8. The van der Waals surface area contributed by atoms with Crippen molar-refractivity contribution in [3.8, 4) is 68.2 Å². The fourth-order valence-electron chi connectivity index (χ4n) is 10.4. The van der Waals surface area contributed by atoms with Crippen LogP contribution in [-0.2, 0) is 41.6 Å². The van der Waals surface area contributed by atoms with Crippen LogP contribution >= 0.6 is 0 Å². The minimum Gasteiger partial charge on any atom is -0.508 e. The summed E-state index contributed by atoms with van der Waals surface area (Å²) in [7, 11) is 9.48. The summed E-state index contributed by atoms with van der Waals surface area (Å²) in [6.07, 6.45) is 5.04. The summed E-state index contributed by atoms with van der Waals surface area (Å²) in [6.45, 7) is 8.31. The van der Waals surface area contributed by atoms with Crippen molar-refractivity contribution >= 4 is 35.6 Å². The lowest BCUT2D eigenvalue weighted by molar-refractivity contribution is -0.145. The molecule has 8 rings (SSSR count). The van der Waals surface area contributed by atoms with Gasteiger partial charge in [-0.05, 0) is 121 Å². The quantitative estimate of drug-likeness (QED) is 0.0858. The predicted octanol–water partition coefficient (Wildman–Crippen LogP) is 7.20. The lowest BCUT2D eigenvalue weighted by atomic mass is 9.93. The van der Waals surface area contributed by atoms with E-state index in [0.717, 1.165) is 44.5 Å². The van der Waals surface area contributed by atoms with E-state index in [1.807, 2.05) is 30.3 Å². The van der Waals surface area contributed by atoms with Crippen molar-refractivity contribution in [1.29, 1.82) is 0 Å². The molecule has 4 aromatic carbocycles. The van der Waals surface area contributed by atoms with Crippen molar-refractivity contribution in [1.82, 2.24) is 20.4 Å². The molecule has 75 heavy (non-hydrogen) atoms. The van der Waals surface area contributed by atoms with Crippen LogP contribution in [0.5, 0.6) is 46.0 Å². The minimum absolute atomic E-state index is 0.0199. The van der Waals surface area contributed by atoms with Gasteiger partial charge in [-0.1, -0.05) is 12.1 Å². The number of aromatic hydroxyl groups is 1. The lowest BCUT2D eigenvalue weighted by Gasteiger charge is -2.30. The van der Waals surface area contributed by atoms with E-state index in [2.05, 4.69) is 10.6 Å². The van der Waals surface area contributed by atoms with E-state index in [0.29, 0.717) is 118 Å². The Morgan fingerprint density at radius 1 is 0.520 bits per heavy atom. The van der Waals surface area contributed by atoms with Gasteiger partial charge in [-0.3, -0.25) is 28.8 Å². The first-order valence-corrected chi connectivity index (χ1v) is 25.0. The van der Waals surface area contributed by atoms with Gasteiger partial charge in [0.05, 0.1) is 66.6 Å². The average molecular weight is 1040 g/mol. The first-order valence-electron chi connectivity index (χ1n) is 25.0. The Balaban J connectivity index is 0.000000207. The summed E-state index contributed by atoms with van der Waals surface area (Å²) in [5, 5.41) is 24.7. The molecule has 0 spiro atoms. The Labute approximate surface area is 437 Å². The molecule has 0 bridgehead atoms. The van der Waals surface area contributed by atoms with Crippen molar-refractivity contribution < 1.29 is 72.1 Å². The van der Waals surface area contributed by atoms with Gasteiger partial charge in [-0.2, -0.15) is 0 Å². The maximum atomic E-state index is 12.9. The highest BCUT2D eigenvalue weighted by Crippen LogP contribution is 2.52. The zero-order chi connectivity index (χ0) is 54.7. The third-order valence-electron chi connectivity index (χ3n) is 14.1. The van der Waals surface area contributed by atoms with E-state index in [1.165, 1.54) is 20.8 Å². The number of carboxylic acid groups (broad SMARTS) is 1. The third-order valence-corrected chi connectivity index (χ3v) is 14.1. The van der Waals surface area contributed by atoms with Gasteiger partial charge in [0.15, 0.2) is 23.0 Å². The van der Waals surface area contributed by atoms with E-state index < -0.39 is 5.97 Å². The van der Waals surface area contributed by atoms with Crippen LogP contribution < -0.4 is 43.8 Å². The van der Waals surface area contributed by atoms with Crippen LogP contribution in [0.2, 0.25) is 0 Å². The van der Waals surface area contributed by atoms with Gasteiger partial charge >= 0.3 is 11.9 Å². The molecule has 0 saturated carbocycles. The van der Waals surface area contributed by atoms with Gasteiger partial charge < -0.3 is 63.8 Å². The van der Waals surface area contributed by atoms with Crippen LogP contribution in [-0.4, -0.2) is 124 Å². The van der Waals surface area contributed by atoms with E-state index in [-0.39, 0.29) is 59.3 Å². The first-order chi connectivity index (χ1) is 35.9. The molecule has 19 heteroatoms. The molecular formula is C56H70N4O15. The monoisotopic (exact) mass is 1040 g/mol. The number of likely N-dealkylation sites (tertiary alicyclic amines) is 2. The van der Waals surface area contributed by atoms with Crippen molar-refractivity contribution in [2.75, 3.05) is 68.8 Å². The van der Waals surface area contributed by atoms with Crippen LogP contribution in [0.4, 0.5) is 0 Å². The topological polar surface area (TPSA) is 238 Å². The van der Waals surface area contributed by atoms with Gasteiger partial charge in [0, 0.05) is 65.0 Å². The highest BCUT2D eigenvalue weighted by Gasteiger charge is 2.33. The summed E-state index contributed by atoms with van der Waals surface area (Å²) in [4.78, 5) is 73.1. The largest absolute Gasteiger partial charge is 0.508 e. The zero-order valence-electron chi connectivity index (χ0n) is 44.5. The number of phenolic OH excluding ortho intramolecular Hbond substituents is 1. The molecule has 2 saturated heterocycles. The molecule has 0 aromatic heterocycles. The van der Waals surface area contributed by atoms with E-state index in [9.17, 15) is 33.9 Å².